The molecule has 0 saturated carbocycles. The topological polar surface area (TPSA) is 110 Å². The van der Waals surface area contributed by atoms with Crippen molar-refractivity contribution in [1.82, 2.24) is 20.0 Å². The number of rotatable bonds is 8. The molecule has 0 saturated heterocycles. The first-order chi connectivity index (χ1) is 14.3. The molecule has 2 aromatic carbocycles. The number of hydrogen-bond acceptors (Lipinski definition) is 6. The summed E-state index contributed by atoms with van der Waals surface area (Å²) in [6, 6.07) is 11.6. The quantitative estimate of drug-likeness (QED) is 0.532. The molecule has 0 unspecified atom stereocenters. The molecule has 0 radical (unpaired) electrons. The molecule has 0 aliphatic heterocycles. The van der Waals surface area contributed by atoms with Gasteiger partial charge in [0.25, 0.3) is 5.91 Å². The normalized spacial score (nSPS) is 11.6. The lowest BCUT2D eigenvalue weighted by atomic mass is 10.1. The summed E-state index contributed by atoms with van der Waals surface area (Å²) in [6.07, 6.45) is 0. The van der Waals surface area contributed by atoms with E-state index in [0.717, 1.165) is 22.5 Å². The fourth-order valence-electron chi connectivity index (χ4n) is 2.80. The third-order valence-electron chi connectivity index (χ3n) is 4.62. The number of benzene rings is 2. The number of ether oxygens (including phenoxy) is 1. The first-order valence-corrected chi connectivity index (χ1v) is 10.9. The maximum atomic E-state index is 12.5. The lowest BCUT2D eigenvalue weighted by Gasteiger charge is -2.09. The van der Waals surface area contributed by atoms with E-state index in [4.69, 9.17) is 4.74 Å². The molecule has 0 atom stereocenters. The first kappa shape index (κ1) is 21.8. The van der Waals surface area contributed by atoms with Crippen LogP contribution < -0.4 is 10.0 Å². The van der Waals surface area contributed by atoms with E-state index in [1.54, 1.807) is 30.3 Å². The van der Waals surface area contributed by atoms with Gasteiger partial charge < -0.3 is 10.1 Å². The summed E-state index contributed by atoms with van der Waals surface area (Å²) in [5.74, 6) is -0.241. The second kappa shape index (κ2) is 9.29. The Labute approximate surface area is 175 Å². The lowest BCUT2D eigenvalue weighted by Crippen LogP contribution is -2.27. The van der Waals surface area contributed by atoms with Gasteiger partial charge in [-0.1, -0.05) is 12.1 Å². The van der Waals surface area contributed by atoms with Crippen LogP contribution in [0.5, 0.6) is 0 Å². The van der Waals surface area contributed by atoms with Gasteiger partial charge in [-0.2, -0.15) is 0 Å². The lowest BCUT2D eigenvalue weighted by molar-refractivity contribution is 0.0951. The van der Waals surface area contributed by atoms with Gasteiger partial charge in [0.2, 0.25) is 10.0 Å². The van der Waals surface area contributed by atoms with E-state index in [9.17, 15) is 13.2 Å². The highest BCUT2D eigenvalue weighted by Gasteiger charge is 2.13. The van der Waals surface area contributed by atoms with Gasteiger partial charge in [-0.3, -0.25) is 4.79 Å². The van der Waals surface area contributed by atoms with Crippen LogP contribution in [0.1, 0.15) is 27.3 Å². The average Bonchev–Trinajstić information content (AvgIpc) is 2.73. The predicted octanol–water partition coefficient (Wildman–Crippen LogP) is 2.10. The highest BCUT2D eigenvalue weighted by Crippen LogP contribution is 2.15. The van der Waals surface area contributed by atoms with E-state index >= 15 is 0 Å². The molecule has 0 aliphatic rings. The Kier molecular flexibility index (Phi) is 6.76. The number of carbonyl (C=O) groups is 1. The number of fused-ring (bicyclic) bond motifs is 1. The largest absolute Gasteiger partial charge is 0.383 e. The number of hydrogen-bond donors (Lipinski definition) is 2. The standard InChI is InChI=1S/C21H24N4O4S/c1-14-15(2)25-20-12-17(6-9-19(20)24-14)21(26)22-13-16-4-7-18(8-5-16)30(27,28)23-10-11-29-3/h4-9,12,23H,10-11,13H2,1-3H3,(H,22,26). The van der Waals surface area contributed by atoms with E-state index in [2.05, 4.69) is 20.0 Å². The molecule has 158 valence electrons. The number of aryl methyl sites for hydroxylation is 2. The van der Waals surface area contributed by atoms with Crippen LogP contribution in [0.4, 0.5) is 0 Å². The summed E-state index contributed by atoms with van der Waals surface area (Å²) in [6.45, 7) is 4.54. The maximum Gasteiger partial charge on any atom is 0.251 e. The van der Waals surface area contributed by atoms with Crippen LogP contribution in [0.3, 0.4) is 0 Å². The molecule has 1 aromatic heterocycles. The molecule has 0 bridgehead atoms. The Bertz CT molecular complexity index is 1160. The van der Waals surface area contributed by atoms with Crippen molar-refractivity contribution < 1.29 is 17.9 Å². The summed E-state index contributed by atoms with van der Waals surface area (Å²) >= 11 is 0. The second-order valence-corrected chi connectivity index (χ2v) is 8.58. The highest BCUT2D eigenvalue weighted by molar-refractivity contribution is 7.89. The van der Waals surface area contributed by atoms with Crippen molar-refractivity contribution in [3.05, 3.63) is 65.0 Å². The average molecular weight is 429 g/mol. The molecule has 30 heavy (non-hydrogen) atoms. The number of methoxy groups -OCH3 is 1. The Morgan fingerprint density at radius 1 is 1.00 bits per heavy atom. The van der Waals surface area contributed by atoms with Gasteiger partial charge in [-0.05, 0) is 49.7 Å². The van der Waals surface area contributed by atoms with Crippen LogP contribution >= 0.6 is 0 Å². The van der Waals surface area contributed by atoms with Gasteiger partial charge in [0, 0.05) is 25.8 Å². The zero-order valence-electron chi connectivity index (χ0n) is 17.1. The van der Waals surface area contributed by atoms with Gasteiger partial charge in [-0.25, -0.2) is 23.1 Å². The summed E-state index contributed by atoms with van der Waals surface area (Å²) < 4.78 is 31.6. The van der Waals surface area contributed by atoms with Crippen LogP contribution in [-0.4, -0.2) is 44.6 Å². The van der Waals surface area contributed by atoms with Crippen molar-refractivity contribution in [2.24, 2.45) is 0 Å². The van der Waals surface area contributed by atoms with Gasteiger partial charge >= 0.3 is 0 Å². The number of aromatic nitrogens is 2. The molecule has 8 nitrogen and oxygen atoms in total. The molecule has 3 aromatic rings. The Morgan fingerprint density at radius 3 is 2.33 bits per heavy atom. The Balaban J connectivity index is 1.64. The monoisotopic (exact) mass is 428 g/mol. The first-order valence-electron chi connectivity index (χ1n) is 9.41. The molecule has 3 rings (SSSR count). The number of sulfonamides is 1. The van der Waals surface area contributed by atoms with Gasteiger partial charge in [-0.15, -0.1) is 0 Å². The van der Waals surface area contributed by atoms with E-state index < -0.39 is 10.0 Å². The minimum absolute atomic E-state index is 0.160. The van der Waals surface area contributed by atoms with Gasteiger partial charge in [0.1, 0.15) is 0 Å². The number of nitrogens with one attached hydrogen (secondary N) is 2. The molecule has 1 amide bonds. The summed E-state index contributed by atoms with van der Waals surface area (Å²) in [5.41, 5.74) is 4.37. The van der Waals surface area contributed by atoms with Crippen molar-refractivity contribution in [2.75, 3.05) is 20.3 Å². The minimum Gasteiger partial charge on any atom is -0.383 e. The molecular weight excluding hydrogens is 404 g/mol. The summed E-state index contributed by atoms with van der Waals surface area (Å²) in [4.78, 5) is 21.6. The maximum absolute atomic E-state index is 12.5. The Hall–Kier alpha value is -2.88. The van der Waals surface area contributed by atoms with Crippen LogP contribution in [0.25, 0.3) is 11.0 Å². The summed E-state index contributed by atoms with van der Waals surface area (Å²) in [5, 5.41) is 2.84. The van der Waals surface area contributed by atoms with Crippen molar-refractivity contribution in [1.29, 1.82) is 0 Å². The molecule has 1 heterocycles. The highest BCUT2D eigenvalue weighted by atomic mass is 32.2. The van der Waals surface area contributed by atoms with Crippen molar-refractivity contribution >= 4 is 27.0 Å². The minimum atomic E-state index is -3.58. The molecule has 0 fully saturated rings. The second-order valence-electron chi connectivity index (χ2n) is 6.82. The zero-order valence-corrected chi connectivity index (χ0v) is 17.9. The number of carbonyl (C=O) groups excluding carboxylic acids is 1. The smallest absolute Gasteiger partial charge is 0.251 e. The predicted molar refractivity (Wildman–Crippen MR) is 114 cm³/mol. The number of amides is 1. The van der Waals surface area contributed by atoms with E-state index in [-0.39, 0.29) is 23.9 Å². The van der Waals surface area contributed by atoms with E-state index in [1.807, 2.05) is 13.8 Å². The SMILES string of the molecule is COCCNS(=O)(=O)c1ccc(CNC(=O)c2ccc3nc(C)c(C)nc3c2)cc1. The number of nitrogens with zero attached hydrogens (tertiary/aromatic N) is 2. The molecule has 2 N–H and O–H groups in total. The van der Waals surface area contributed by atoms with Crippen LogP contribution in [0.2, 0.25) is 0 Å². The zero-order chi connectivity index (χ0) is 21.7. The van der Waals surface area contributed by atoms with Crippen LogP contribution in [-0.2, 0) is 21.3 Å². The van der Waals surface area contributed by atoms with Gasteiger partial charge in [0.15, 0.2) is 0 Å². The molecule has 0 spiro atoms. The van der Waals surface area contributed by atoms with E-state index in [1.165, 1.54) is 19.2 Å². The van der Waals surface area contributed by atoms with Crippen LogP contribution in [0, 0.1) is 13.8 Å². The van der Waals surface area contributed by atoms with E-state index in [0.29, 0.717) is 17.7 Å². The van der Waals surface area contributed by atoms with Crippen LogP contribution in [0.15, 0.2) is 47.4 Å². The fourth-order valence-corrected chi connectivity index (χ4v) is 3.82. The summed E-state index contributed by atoms with van der Waals surface area (Å²) in [7, 11) is -2.08. The third-order valence-corrected chi connectivity index (χ3v) is 6.10. The third kappa shape index (κ3) is 5.18. The van der Waals surface area contributed by atoms with Crippen molar-refractivity contribution in [3.8, 4) is 0 Å². The van der Waals surface area contributed by atoms with Gasteiger partial charge in [0.05, 0.1) is 33.9 Å². The van der Waals surface area contributed by atoms with Crippen molar-refractivity contribution in [3.63, 3.8) is 0 Å². The molecular formula is C21H24N4O4S. The fraction of sp³-hybridized carbons (Fsp3) is 0.286. The molecule has 0 aliphatic carbocycles. The Morgan fingerprint density at radius 2 is 1.67 bits per heavy atom. The van der Waals surface area contributed by atoms with Crippen molar-refractivity contribution in [2.45, 2.75) is 25.3 Å². The molecule has 9 heteroatoms.